The molecule has 0 spiro atoms. The van der Waals surface area contributed by atoms with Crippen LogP contribution in [0.3, 0.4) is 0 Å². The SMILES string of the molecule is Cc1cccc(-c2nc(C(c3nnc(-c4cccs4)n3C)S(N)(=O)=O)no2)c1. The molecule has 1 atom stereocenters. The molecule has 4 aromatic rings. The molecule has 3 heterocycles. The van der Waals surface area contributed by atoms with Gasteiger partial charge in [-0.25, -0.2) is 13.6 Å². The van der Waals surface area contributed by atoms with Crippen molar-refractivity contribution in [2.24, 2.45) is 12.2 Å². The second kappa shape index (κ2) is 6.93. The second-order valence-electron chi connectivity index (χ2n) is 6.21. The van der Waals surface area contributed by atoms with Gasteiger partial charge in [0.15, 0.2) is 22.7 Å². The maximum absolute atomic E-state index is 12.4. The van der Waals surface area contributed by atoms with Crippen LogP contribution in [0.2, 0.25) is 0 Å². The van der Waals surface area contributed by atoms with Crippen molar-refractivity contribution in [3.63, 3.8) is 0 Å². The van der Waals surface area contributed by atoms with Gasteiger partial charge >= 0.3 is 0 Å². The first-order valence-electron chi connectivity index (χ1n) is 8.20. The van der Waals surface area contributed by atoms with Crippen molar-refractivity contribution >= 4 is 21.4 Å². The summed E-state index contributed by atoms with van der Waals surface area (Å²) in [6.45, 7) is 1.93. The zero-order valence-electron chi connectivity index (χ0n) is 15.0. The van der Waals surface area contributed by atoms with Crippen LogP contribution in [0, 0.1) is 6.92 Å². The number of rotatable bonds is 5. The molecule has 0 aliphatic carbocycles. The summed E-state index contributed by atoms with van der Waals surface area (Å²) in [5, 5.41) is 18.0. The Labute approximate surface area is 164 Å². The third-order valence-corrected chi connectivity index (χ3v) is 6.10. The van der Waals surface area contributed by atoms with Crippen molar-refractivity contribution < 1.29 is 12.9 Å². The fourth-order valence-corrected chi connectivity index (χ4v) is 4.47. The Morgan fingerprint density at radius 2 is 2.04 bits per heavy atom. The quantitative estimate of drug-likeness (QED) is 0.528. The van der Waals surface area contributed by atoms with Crippen LogP contribution >= 0.6 is 11.3 Å². The van der Waals surface area contributed by atoms with Crippen molar-refractivity contribution in [3.05, 3.63) is 59.0 Å². The molecule has 144 valence electrons. The number of hydrogen-bond donors (Lipinski definition) is 1. The molecule has 2 N–H and O–H groups in total. The molecule has 9 nitrogen and oxygen atoms in total. The average molecular weight is 416 g/mol. The lowest BCUT2D eigenvalue weighted by molar-refractivity contribution is 0.421. The van der Waals surface area contributed by atoms with Crippen LogP contribution in [-0.2, 0) is 17.1 Å². The van der Waals surface area contributed by atoms with E-state index in [1.807, 2.05) is 42.6 Å². The van der Waals surface area contributed by atoms with E-state index >= 15 is 0 Å². The summed E-state index contributed by atoms with van der Waals surface area (Å²) in [6.07, 6.45) is 0. The fraction of sp³-hybridized carbons (Fsp3) is 0.176. The van der Waals surface area contributed by atoms with Crippen molar-refractivity contribution in [1.82, 2.24) is 24.9 Å². The van der Waals surface area contributed by atoms with Gasteiger partial charge in [-0.15, -0.1) is 21.5 Å². The lowest BCUT2D eigenvalue weighted by atomic mass is 10.1. The van der Waals surface area contributed by atoms with Crippen molar-refractivity contribution in [2.45, 2.75) is 12.2 Å². The summed E-state index contributed by atoms with van der Waals surface area (Å²) in [5.74, 6) is 0.753. The minimum absolute atomic E-state index is 0.0905. The lowest BCUT2D eigenvalue weighted by Gasteiger charge is -2.10. The van der Waals surface area contributed by atoms with Crippen LogP contribution in [0.25, 0.3) is 22.2 Å². The van der Waals surface area contributed by atoms with Crippen molar-refractivity contribution in [3.8, 4) is 22.2 Å². The topological polar surface area (TPSA) is 130 Å². The van der Waals surface area contributed by atoms with Gasteiger partial charge in [0.25, 0.3) is 5.89 Å². The van der Waals surface area contributed by atoms with E-state index in [0.29, 0.717) is 11.4 Å². The largest absolute Gasteiger partial charge is 0.334 e. The first-order valence-corrected chi connectivity index (χ1v) is 10.7. The molecule has 11 heteroatoms. The number of thiophene rings is 1. The summed E-state index contributed by atoms with van der Waals surface area (Å²) >= 11 is 1.47. The smallest absolute Gasteiger partial charge is 0.257 e. The van der Waals surface area contributed by atoms with Gasteiger partial charge in [-0.3, -0.25) is 0 Å². The van der Waals surface area contributed by atoms with Gasteiger partial charge in [0.2, 0.25) is 10.0 Å². The Balaban J connectivity index is 1.79. The molecule has 0 amide bonds. The van der Waals surface area contributed by atoms with E-state index in [-0.39, 0.29) is 17.5 Å². The molecule has 0 aliphatic rings. The number of benzene rings is 1. The average Bonchev–Trinajstić information content (AvgIpc) is 3.36. The van der Waals surface area contributed by atoms with Crippen LogP contribution in [-0.4, -0.2) is 33.3 Å². The van der Waals surface area contributed by atoms with Crippen molar-refractivity contribution in [2.75, 3.05) is 0 Å². The van der Waals surface area contributed by atoms with E-state index in [4.69, 9.17) is 9.66 Å². The summed E-state index contributed by atoms with van der Waals surface area (Å²) in [5.41, 5.74) is 1.69. The number of aryl methyl sites for hydroxylation is 1. The zero-order valence-corrected chi connectivity index (χ0v) is 16.6. The van der Waals surface area contributed by atoms with Crippen LogP contribution in [0.5, 0.6) is 0 Å². The standard InChI is InChI=1S/C17H16N6O3S2/c1-10-5-3-6-11(9-10)17-19-14(22-26-17)13(28(18,24)25)16-21-20-15(23(16)2)12-7-4-8-27-12/h3-9,13H,1-2H3,(H2,18,24,25). The Kier molecular flexibility index (Phi) is 4.57. The fourth-order valence-electron chi connectivity index (χ4n) is 2.84. The van der Waals surface area contributed by atoms with Gasteiger partial charge in [0.05, 0.1) is 4.88 Å². The molecule has 0 saturated carbocycles. The monoisotopic (exact) mass is 416 g/mol. The number of nitrogens with two attached hydrogens (primary N) is 1. The highest BCUT2D eigenvalue weighted by molar-refractivity contribution is 7.89. The third-order valence-electron chi connectivity index (χ3n) is 4.15. The minimum atomic E-state index is -4.13. The first kappa shape index (κ1) is 18.5. The number of sulfonamides is 1. The first-order chi connectivity index (χ1) is 13.3. The lowest BCUT2D eigenvalue weighted by Crippen LogP contribution is -2.26. The third kappa shape index (κ3) is 3.35. The maximum atomic E-state index is 12.4. The number of primary sulfonamides is 1. The molecule has 3 aromatic heterocycles. The van der Waals surface area contributed by atoms with Crippen LogP contribution in [0.4, 0.5) is 0 Å². The molecule has 0 fully saturated rings. The Bertz CT molecular complexity index is 1230. The highest BCUT2D eigenvalue weighted by Crippen LogP contribution is 2.30. The minimum Gasteiger partial charge on any atom is -0.334 e. The van der Waals surface area contributed by atoms with Gasteiger partial charge in [-0.1, -0.05) is 28.9 Å². The van der Waals surface area contributed by atoms with Gasteiger partial charge in [-0.2, -0.15) is 4.98 Å². The highest BCUT2D eigenvalue weighted by Gasteiger charge is 2.36. The molecular formula is C17H16N6O3S2. The van der Waals surface area contributed by atoms with Gasteiger partial charge in [-0.05, 0) is 30.5 Å². The number of aromatic nitrogens is 5. The van der Waals surface area contributed by atoms with E-state index in [1.165, 1.54) is 11.3 Å². The molecule has 0 radical (unpaired) electrons. The Hall–Kier alpha value is -2.89. The molecule has 1 unspecified atom stereocenters. The maximum Gasteiger partial charge on any atom is 0.257 e. The highest BCUT2D eigenvalue weighted by atomic mass is 32.2. The Morgan fingerprint density at radius 3 is 2.71 bits per heavy atom. The van der Waals surface area contributed by atoms with E-state index < -0.39 is 15.3 Å². The van der Waals surface area contributed by atoms with E-state index in [2.05, 4.69) is 20.3 Å². The van der Waals surface area contributed by atoms with Crippen molar-refractivity contribution in [1.29, 1.82) is 0 Å². The molecule has 0 aliphatic heterocycles. The molecule has 0 bridgehead atoms. The van der Waals surface area contributed by atoms with Gasteiger partial charge in [0.1, 0.15) is 0 Å². The summed E-state index contributed by atoms with van der Waals surface area (Å²) in [6, 6.07) is 11.2. The summed E-state index contributed by atoms with van der Waals surface area (Å²) in [7, 11) is -2.46. The predicted octanol–water partition coefficient (Wildman–Crippen LogP) is 2.28. The van der Waals surface area contributed by atoms with Gasteiger partial charge < -0.3 is 9.09 Å². The van der Waals surface area contributed by atoms with Crippen LogP contribution in [0.1, 0.15) is 22.5 Å². The second-order valence-corrected chi connectivity index (χ2v) is 8.81. The van der Waals surface area contributed by atoms with E-state index in [1.54, 1.807) is 17.7 Å². The van der Waals surface area contributed by atoms with Crippen LogP contribution in [0.15, 0.2) is 46.3 Å². The Morgan fingerprint density at radius 1 is 1.21 bits per heavy atom. The summed E-state index contributed by atoms with van der Waals surface area (Å²) in [4.78, 5) is 5.11. The van der Waals surface area contributed by atoms with Gasteiger partial charge in [0, 0.05) is 12.6 Å². The van der Waals surface area contributed by atoms with Crippen LogP contribution < -0.4 is 5.14 Å². The molecule has 28 heavy (non-hydrogen) atoms. The molecule has 0 saturated heterocycles. The predicted molar refractivity (Wildman–Crippen MR) is 104 cm³/mol. The summed E-state index contributed by atoms with van der Waals surface area (Å²) < 4.78 is 31.6. The zero-order chi connectivity index (χ0) is 19.9. The number of nitrogens with zero attached hydrogens (tertiary/aromatic N) is 5. The normalized spacial score (nSPS) is 13.0. The molecular weight excluding hydrogens is 400 g/mol. The van der Waals surface area contributed by atoms with E-state index in [9.17, 15) is 8.42 Å². The molecule has 4 rings (SSSR count). The molecule has 1 aromatic carbocycles. The van der Waals surface area contributed by atoms with E-state index in [0.717, 1.165) is 10.4 Å². The number of hydrogen-bond acceptors (Lipinski definition) is 8.